The van der Waals surface area contributed by atoms with E-state index in [0.29, 0.717) is 13.0 Å². The van der Waals surface area contributed by atoms with Crippen molar-refractivity contribution in [2.45, 2.75) is 25.1 Å². The van der Waals surface area contributed by atoms with Crippen molar-refractivity contribution in [1.29, 1.82) is 0 Å². The summed E-state index contributed by atoms with van der Waals surface area (Å²) in [5, 5.41) is 5.37. The molecule has 2 heterocycles. The average molecular weight is 259 g/mol. The third kappa shape index (κ3) is 2.91. The van der Waals surface area contributed by atoms with Crippen LogP contribution in [0.1, 0.15) is 18.4 Å². The molecule has 2 N–H and O–H groups in total. The van der Waals surface area contributed by atoms with E-state index in [4.69, 9.17) is 0 Å². The molecule has 0 saturated carbocycles. The Morgan fingerprint density at radius 2 is 2.22 bits per heavy atom. The highest BCUT2D eigenvalue weighted by Crippen LogP contribution is 2.30. The van der Waals surface area contributed by atoms with Gasteiger partial charge in [0.05, 0.1) is 5.56 Å². The first-order chi connectivity index (χ1) is 8.47. The van der Waals surface area contributed by atoms with Gasteiger partial charge in [-0.2, -0.15) is 13.2 Å². The lowest BCUT2D eigenvalue weighted by Crippen LogP contribution is -2.44. The van der Waals surface area contributed by atoms with Crippen LogP contribution in [0.15, 0.2) is 18.3 Å². The summed E-state index contributed by atoms with van der Waals surface area (Å²) >= 11 is 0. The van der Waals surface area contributed by atoms with Crippen molar-refractivity contribution >= 4 is 11.7 Å². The van der Waals surface area contributed by atoms with Gasteiger partial charge in [-0.25, -0.2) is 4.98 Å². The largest absolute Gasteiger partial charge is 0.416 e. The molecule has 1 unspecified atom stereocenters. The molecule has 1 atom stereocenters. The van der Waals surface area contributed by atoms with Crippen molar-refractivity contribution in [3.8, 4) is 0 Å². The molecule has 1 aliphatic rings. The van der Waals surface area contributed by atoms with E-state index in [0.717, 1.165) is 24.8 Å². The van der Waals surface area contributed by atoms with E-state index >= 15 is 0 Å². The molecule has 18 heavy (non-hydrogen) atoms. The van der Waals surface area contributed by atoms with Crippen LogP contribution in [0.3, 0.4) is 0 Å². The van der Waals surface area contributed by atoms with Gasteiger partial charge in [0.15, 0.2) is 0 Å². The maximum absolute atomic E-state index is 12.5. The number of aromatic nitrogens is 1. The number of nitrogens with one attached hydrogen (secondary N) is 2. The van der Waals surface area contributed by atoms with Crippen molar-refractivity contribution in [3.63, 3.8) is 0 Å². The van der Waals surface area contributed by atoms with Crippen LogP contribution in [0, 0.1) is 0 Å². The molecule has 7 heteroatoms. The lowest BCUT2D eigenvalue weighted by Gasteiger charge is -2.23. The molecule has 98 valence electrons. The summed E-state index contributed by atoms with van der Waals surface area (Å²) in [6, 6.07) is 1.28. The predicted octanol–water partition coefficient (Wildman–Crippen LogP) is 1.79. The van der Waals surface area contributed by atoms with E-state index < -0.39 is 17.8 Å². The molecule has 1 aromatic heterocycles. The van der Waals surface area contributed by atoms with Gasteiger partial charge < -0.3 is 10.6 Å². The summed E-state index contributed by atoms with van der Waals surface area (Å²) in [6.45, 7) is 0.604. The molecule has 1 aromatic rings. The maximum atomic E-state index is 12.5. The Kier molecular flexibility index (Phi) is 3.40. The summed E-state index contributed by atoms with van der Waals surface area (Å²) in [5.41, 5.74) is -0.781. The minimum Gasteiger partial charge on any atom is -0.358 e. The fourth-order valence-corrected chi connectivity index (χ4v) is 1.77. The highest BCUT2D eigenvalue weighted by Gasteiger charge is 2.31. The summed E-state index contributed by atoms with van der Waals surface area (Å²) < 4.78 is 37.5. The Hall–Kier alpha value is -1.79. The SMILES string of the molecule is O=C1NCCCC1Nc1cc(C(F)(F)F)ccn1. The fourth-order valence-electron chi connectivity index (χ4n) is 1.77. The van der Waals surface area contributed by atoms with E-state index in [1.54, 1.807) is 0 Å². The number of piperidine rings is 1. The zero-order chi connectivity index (χ0) is 13.2. The van der Waals surface area contributed by atoms with Crippen molar-refractivity contribution in [2.24, 2.45) is 0 Å². The Morgan fingerprint density at radius 3 is 2.89 bits per heavy atom. The van der Waals surface area contributed by atoms with Gasteiger partial charge in [0.25, 0.3) is 0 Å². The van der Waals surface area contributed by atoms with Crippen LogP contribution < -0.4 is 10.6 Å². The van der Waals surface area contributed by atoms with Crippen molar-refractivity contribution < 1.29 is 18.0 Å². The zero-order valence-electron chi connectivity index (χ0n) is 9.42. The first kappa shape index (κ1) is 12.7. The molecule has 0 radical (unpaired) electrons. The average Bonchev–Trinajstić information content (AvgIpc) is 2.31. The second-order valence-electron chi connectivity index (χ2n) is 4.06. The third-order valence-corrected chi connectivity index (χ3v) is 2.69. The van der Waals surface area contributed by atoms with Gasteiger partial charge in [-0.05, 0) is 25.0 Å². The van der Waals surface area contributed by atoms with Crippen molar-refractivity contribution in [1.82, 2.24) is 10.3 Å². The monoisotopic (exact) mass is 259 g/mol. The van der Waals surface area contributed by atoms with E-state index in [1.165, 1.54) is 0 Å². The maximum Gasteiger partial charge on any atom is 0.416 e. The number of hydrogen-bond acceptors (Lipinski definition) is 3. The highest BCUT2D eigenvalue weighted by atomic mass is 19.4. The minimum absolute atomic E-state index is 0.0619. The molecule has 1 fully saturated rings. The van der Waals surface area contributed by atoms with Crippen LogP contribution in [0.2, 0.25) is 0 Å². The second kappa shape index (κ2) is 4.83. The van der Waals surface area contributed by atoms with Gasteiger partial charge in [-0.3, -0.25) is 4.79 Å². The van der Waals surface area contributed by atoms with Crippen LogP contribution >= 0.6 is 0 Å². The van der Waals surface area contributed by atoms with Crippen molar-refractivity contribution in [3.05, 3.63) is 23.9 Å². The molecule has 0 aliphatic carbocycles. The molecule has 0 aromatic carbocycles. The first-order valence-electron chi connectivity index (χ1n) is 5.54. The van der Waals surface area contributed by atoms with Gasteiger partial charge in [0, 0.05) is 12.7 Å². The third-order valence-electron chi connectivity index (χ3n) is 2.69. The van der Waals surface area contributed by atoms with Gasteiger partial charge in [0.1, 0.15) is 11.9 Å². The Morgan fingerprint density at radius 1 is 1.44 bits per heavy atom. The number of anilines is 1. The number of rotatable bonds is 2. The summed E-state index contributed by atoms with van der Waals surface area (Å²) in [4.78, 5) is 15.2. The number of halogens is 3. The smallest absolute Gasteiger partial charge is 0.358 e. The van der Waals surface area contributed by atoms with E-state index in [2.05, 4.69) is 15.6 Å². The lowest BCUT2D eigenvalue weighted by molar-refractivity contribution is -0.137. The van der Waals surface area contributed by atoms with Crippen molar-refractivity contribution in [2.75, 3.05) is 11.9 Å². The molecule has 1 aliphatic heterocycles. The normalized spacial score (nSPS) is 20.4. The number of carbonyl (C=O) groups excluding carboxylic acids is 1. The van der Waals surface area contributed by atoms with E-state index in [-0.39, 0.29) is 11.7 Å². The van der Waals surface area contributed by atoms with Crippen LogP contribution in [-0.2, 0) is 11.0 Å². The molecule has 0 bridgehead atoms. The Bertz CT molecular complexity index is 447. The van der Waals surface area contributed by atoms with Gasteiger partial charge >= 0.3 is 6.18 Å². The number of pyridine rings is 1. The molecule has 0 spiro atoms. The number of nitrogens with zero attached hydrogens (tertiary/aromatic N) is 1. The standard InChI is InChI=1S/C11H12F3N3O/c12-11(13,14)7-3-5-15-9(6-7)17-8-2-1-4-16-10(8)18/h3,5-6,8H,1-2,4H2,(H,15,17)(H,16,18). The van der Waals surface area contributed by atoms with Gasteiger partial charge in [-0.15, -0.1) is 0 Å². The van der Waals surface area contributed by atoms with E-state index in [1.807, 2.05) is 0 Å². The van der Waals surface area contributed by atoms with Crippen LogP contribution in [0.25, 0.3) is 0 Å². The molecular formula is C11H12F3N3O. The number of hydrogen-bond donors (Lipinski definition) is 2. The zero-order valence-corrected chi connectivity index (χ0v) is 9.42. The lowest BCUT2D eigenvalue weighted by atomic mass is 10.1. The Labute approximate surface area is 102 Å². The molecule has 1 amide bonds. The van der Waals surface area contributed by atoms with Crippen LogP contribution in [-0.4, -0.2) is 23.5 Å². The number of carbonyl (C=O) groups is 1. The first-order valence-corrected chi connectivity index (χ1v) is 5.54. The number of amides is 1. The Balaban J connectivity index is 2.12. The summed E-state index contributed by atoms with van der Waals surface area (Å²) in [5.74, 6) is -0.146. The minimum atomic E-state index is -4.41. The molecule has 1 saturated heterocycles. The molecular weight excluding hydrogens is 247 g/mol. The van der Waals surface area contributed by atoms with Crippen LogP contribution in [0.5, 0.6) is 0 Å². The topological polar surface area (TPSA) is 54.0 Å². The van der Waals surface area contributed by atoms with Crippen LogP contribution in [0.4, 0.5) is 19.0 Å². The molecule has 4 nitrogen and oxygen atoms in total. The van der Waals surface area contributed by atoms with E-state index in [9.17, 15) is 18.0 Å². The number of alkyl halides is 3. The van der Waals surface area contributed by atoms with Gasteiger partial charge in [-0.1, -0.05) is 0 Å². The summed E-state index contributed by atoms with van der Waals surface area (Å²) in [7, 11) is 0. The van der Waals surface area contributed by atoms with Gasteiger partial charge in [0.2, 0.25) is 5.91 Å². The fraction of sp³-hybridized carbons (Fsp3) is 0.455. The highest BCUT2D eigenvalue weighted by molar-refractivity contribution is 5.84. The summed E-state index contributed by atoms with van der Waals surface area (Å²) in [6.07, 6.45) is -1.95. The quantitative estimate of drug-likeness (QED) is 0.851. The predicted molar refractivity (Wildman–Crippen MR) is 58.9 cm³/mol. The molecule has 2 rings (SSSR count). The second-order valence-corrected chi connectivity index (χ2v) is 4.06.